The van der Waals surface area contributed by atoms with Crippen LogP contribution in [0.25, 0.3) is 0 Å². The molecule has 3 aromatic rings. The number of carbonyl (C=O) groups is 1. The number of nitrogens with zero attached hydrogens (tertiary/aromatic N) is 1. The number of benzene rings is 3. The number of carboxylic acid groups (broad SMARTS) is 1. The second kappa shape index (κ2) is 12.6. The summed E-state index contributed by atoms with van der Waals surface area (Å²) in [5.41, 5.74) is 5.19. The number of oxime groups is 1. The van der Waals surface area contributed by atoms with Gasteiger partial charge in [-0.25, -0.2) is 0 Å². The number of aryl methyl sites for hydroxylation is 3. The zero-order valence-corrected chi connectivity index (χ0v) is 20.5. The van der Waals surface area contributed by atoms with Crippen molar-refractivity contribution in [1.29, 1.82) is 0 Å². The van der Waals surface area contributed by atoms with Gasteiger partial charge in [-0.05, 0) is 67.6 Å². The van der Waals surface area contributed by atoms with E-state index >= 15 is 0 Å². The van der Waals surface area contributed by atoms with Gasteiger partial charge in [-0.3, -0.25) is 4.79 Å². The third kappa shape index (κ3) is 7.34. The first kappa shape index (κ1) is 25.8. The van der Waals surface area contributed by atoms with Crippen molar-refractivity contribution in [3.63, 3.8) is 0 Å². The van der Waals surface area contributed by atoms with Gasteiger partial charge < -0.3 is 19.8 Å². The lowest BCUT2D eigenvalue weighted by molar-refractivity contribution is -0.136. The highest BCUT2D eigenvalue weighted by molar-refractivity contribution is 6.14. The second-order valence-corrected chi connectivity index (χ2v) is 8.55. The molecule has 0 aliphatic rings. The number of aliphatic carboxylic acids is 1. The Labute approximate surface area is 206 Å². The Morgan fingerprint density at radius 1 is 1.06 bits per heavy atom. The zero-order valence-electron chi connectivity index (χ0n) is 20.5. The van der Waals surface area contributed by atoms with Crippen LogP contribution >= 0.6 is 0 Å². The summed E-state index contributed by atoms with van der Waals surface area (Å²) in [7, 11) is 0. The molecule has 3 rings (SSSR count). The Balaban J connectivity index is 1.64. The van der Waals surface area contributed by atoms with Gasteiger partial charge >= 0.3 is 5.97 Å². The van der Waals surface area contributed by atoms with E-state index in [1.165, 1.54) is 0 Å². The normalized spacial score (nSPS) is 12.3. The topological polar surface area (TPSA) is 88.4 Å². The van der Waals surface area contributed by atoms with Crippen LogP contribution in [0, 0.1) is 6.92 Å². The first-order valence-corrected chi connectivity index (χ1v) is 11.9. The van der Waals surface area contributed by atoms with Crippen molar-refractivity contribution in [2.45, 2.75) is 52.6 Å². The molecule has 0 saturated heterocycles. The largest absolute Gasteiger partial charge is 0.493 e. The molecule has 6 heteroatoms. The number of carboxylic acids is 1. The first-order valence-electron chi connectivity index (χ1n) is 11.9. The average molecular weight is 476 g/mol. The molecule has 0 aromatic heterocycles. The maximum Gasteiger partial charge on any atom is 0.303 e. The van der Waals surface area contributed by atoms with Crippen molar-refractivity contribution in [1.82, 2.24) is 0 Å². The van der Waals surface area contributed by atoms with E-state index in [2.05, 4.69) is 12.1 Å². The van der Waals surface area contributed by atoms with Crippen LogP contribution in [-0.2, 0) is 17.6 Å². The molecule has 0 saturated carbocycles. The number of hydrogen-bond acceptors (Lipinski definition) is 5. The summed E-state index contributed by atoms with van der Waals surface area (Å²) in [6.07, 6.45) is 2.01. The third-order valence-electron chi connectivity index (χ3n) is 5.90. The number of ether oxygens (including phenoxy) is 2. The van der Waals surface area contributed by atoms with Gasteiger partial charge in [-0.1, -0.05) is 54.5 Å². The predicted molar refractivity (Wildman–Crippen MR) is 137 cm³/mol. The molecule has 0 spiro atoms. The van der Waals surface area contributed by atoms with E-state index in [-0.39, 0.29) is 12.5 Å². The van der Waals surface area contributed by atoms with Gasteiger partial charge in [0.1, 0.15) is 17.2 Å². The SMILES string of the molecule is CCc1ccc(O[C@H](C)CCOc2ccc(CCC(=O)O)c(C)c2)c(C(=NO)c2ccccc2)c1. The van der Waals surface area contributed by atoms with E-state index in [1.807, 2.05) is 80.6 Å². The molecule has 0 amide bonds. The monoisotopic (exact) mass is 475 g/mol. The van der Waals surface area contributed by atoms with Crippen LogP contribution in [0.5, 0.6) is 11.5 Å². The molecular formula is C29H33NO5. The molecule has 0 aliphatic carbocycles. The Morgan fingerprint density at radius 3 is 2.49 bits per heavy atom. The predicted octanol–water partition coefficient (Wildman–Crippen LogP) is 6.04. The minimum Gasteiger partial charge on any atom is -0.493 e. The smallest absolute Gasteiger partial charge is 0.303 e. The fraction of sp³-hybridized carbons (Fsp3) is 0.310. The van der Waals surface area contributed by atoms with Crippen LogP contribution < -0.4 is 9.47 Å². The van der Waals surface area contributed by atoms with Crippen LogP contribution in [0.2, 0.25) is 0 Å². The Kier molecular flexibility index (Phi) is 9.30. The molecule has 184 valence electrons. The van der Waals surface area contributed by atoms with Crippen molar-refractivity contribution >= 4 is 11.7 Å². The zero-order chi connectivity index (χ0) is 25.2. The van der Waals surface area contributed by atoms with Gasteiger partial charge in [0.2, 0.25) is 0 Å². The van der Waals surface area contributed by atoms with E-state index in [4.69, 9.17) is 14.6 Å². The van der Waals surface area contributed by atoms with Crippen molar-refractivity contribution < 1.29 is 24.6 Å². The molecule has 0 radical (unpaired) electrons. The maximum absolute atomic E-state index is 10.8. The third-order valence-corrected chi connectivity index (χ3v) is 5.90. The highest BCUT2D eigenvalue weighted by Crippen LogP contribution is 2.26. The summed E-state index contributed by atoms with van der Waals surface area (Å²) in [6.45, 7) is 6.50. The highest BCUT2D eigenvalue weighted by atomic mass is 16.5. The van der Waals surface area contributed by atoms with Gasteiger partial charge in [0.25, 0.3) is 0 Å². The lowest BCUT2D eigenvalue weighted by Gasteiger charge is -2.19. The van der Waals surface area contributed by atoms with Crippen molar-refractivity contribution in [3.05, 3.63) is 94.5 Å². The number of rotatable bonds is 12. The molecule has 0 heterocycles. The molecule has 0 aliphatic heterocycles. The standard InChI is InChI=1S/C29H33NO5/c1-4-22-10-14-27(26(19-22)29(30-33)24-8-6-5-7-9-24)35-21(3)16-17-34-25-13-11-23(20(2)18-25)12-15-28(31)32/h5-11,13-14,18-19,21,33H,4,12,15-17H2,1-3H3,(H,31,32)/t21-/m1/s1. The van der Waals surface area contributed by atoms with Gasteiger partial charge in [0, 0.05) is 24.0 Å². The Bertz CT molecular complexity index is 1160. The van der Waals surface area contributed by atoms with E-state index < -0.39 is 5.97 Å². The summed E-state index contributed by atoms with van der Waals surface area (Å²) in [5.74, 6) is 0.609. The molecule has 0 unspecified atom stereocenters. The van der Waals surface area contributed by atoms with Crippen LogP contribution in [0.1, 0.15) is 54.5 Å². The summed E-state index contributed by atoms with van der Waals surface area (Å²) in [5, 5.41) is 22.3. The van der Waals surface area contributed by atoms with Crippen molar-refractivity contribution in [2.24, 2.45) is 5.16 Å². The van der Waals surface area contributed by atoms with Gasteiger partial charge in [-0.15, -0.1) is 0 Å². The maximum atomic E-state index is 10.8. The molecule has 35 heavy (non-hydrogen) atoms. The summed E-state index contributed by atoms with van der Waals surface area (Å²) in [6, 6.07) is 21.3. The van der Waals surface area contributed by atoms with Crippen molar-refractivity contribution in [2.75, 3.05) is 6.61 Å². The molecule has 3 aromatic carbocycles. The molecule has 6 nitrogen and oxygen atoms in total. The van der Waals surface area contributed by atoms with Crippen LogP contribution in [0.3, 0.4) is 0 Å². The first-order chi connectivity index (χ1) is 16.9. The highest BCUT2D eigenvalue weighted by Gasteiger charge is 2.17. The quantitative estimate of drug-likeness (QED) is 0.189. The van der Waals surface area contributed by atoms with Gasteiger partial charge in [0.15, 0.2) is 0 Å². The van der Waals surface area contributed by atoms with E-state index in [1.54, 1.807) is 0 Å². The van der Waals surface area contributed by atoms with Crippen LogP contribution in [0.15, 0.2) is 71.9 Å². The van der Waals surface area contributed by atoms with Crippen LogP contribution in [-0.4, -0.2) is 34.7 Å². The van der Waals surface area contributed by atoms with Gasteiger partial charge in [0.05, 0.1) is 12.7 Å². The number of hydrogen-bond donors (Lipinski definition) is 2. The summed E-state index contributed by atoms with van der Waals surface area (Å²) < 4.78 is 12.2. The minimum absolute atomic E-state index is 0.115. The fourth-order valence-corrected chi connectivity index (χ4v) is 3.85. The van der Waals surface area contributed by atoms with Crippen LogP contribution in [0.4, 0.5) is 0 Å². The minimum atomic E-state index is -0.799. The lowest BCUT2D eigenvalue weighted by Crippen LogP contribution is -2.18. The molecular weight excluding hydrogens is 442 g/mol. The molecule has 1 atom stereocenters. The summed E-state index contributed by atoms with van der Waals surface area (Å²) in [4.78, 5) is 10.8. The van der Waals surface area contributed by atoms with Gasteiger partial charge in [-0.2, -0.15) is 0 Å². The second-order valence-electron chi connectivity index (χ2n) is 8.55. The van der Waals surface area contributed by atoms with Crippen molar-refractivity contribution in [3.8, 4) is 11.5 Å². The molecule has 2 N–H and O–H groups in total. The average Bonchev–Trinajstić information content (AvgIpc) is 2.85. The molecule has 0 bridgehead atoms. The lowest BCUT2D eigenvalue weighted by atomic mass is 9.98. The molecule has 0 fully saturated rings. The Hall–Kier alpha value is -3.80. The Morgan fingerprint density at radius 2 is 1.83 bits per heavy atom. The van der Waals surface area contributed by atoms with E-state index in [0.29, 0.717) is 30.9 Å². The summed E-state index contributed by atoms with van der Waals surface area (Å²) >= 11 is 0. The van der Waals surface area contributed by atoms with E-state index in [0.717, 1.165) is 40.0 Å². The van der Waals surface area contributed by atoms with E-state index in [9.17, 15) is 10.0 Å². The fourth-order valence-electron chi connectivity index (χ4n) is 3.85.